The Balaban J connectivity index is 1.80. The van der Waals surface area contributed by atoms with Gasteiger partial charge in [0.05, 0.1) is 6.10 Å². The number of nitrogens with zero attached hydrogens (tertiary/aromatic N) is 1. The maximum atomic E-state index is 5.64. The van der Waals surface area contributed by atoms with Crippen LogP contribution in [0, 0.1) is 0 Å². The molecule has 0 amide bonds. The second-order valence-corrected chi connectivity index (χ2v) is 5.37. The fourth-order valence-corrected chi connectivity index (χ4v) is 2.80. The van der Waals surface area contributed by atoms with Crippen molar-refractivity contribution in [1.29, 1.82) is 0 Å². The van der Waals surface area contributed by atoms with E-state index in [1.165, 1.54) is 5.56 Å². The van der Waals surface area contributed by atoms with Crippen molar-refractivity contribution in [3.63, 3.8) is 0 Å². The molecule has 1 N–H and O–H groups in total. The van der Waals surface area contributed by atoms with Gasteiger partial charge in [0.25, 0.3) is 0 Å². The number of rotatable bonds is 6. The summed E-state index contributed by atoms with van der Waals surface area (Å²) in [6.45, 7) is 9.40. The first kappa shape index (κ1) is 14.5. The first-order valence-corrected chi connectivity index (χ1v) is 7.39. The zero-order valence-electron chi connectivity index (χ0n) is 12.1. The van der Waals surface area contributed by atoms with Gasteiger partial charge in [-0.2, -0.15) is 0 Å². The van der Waals surface area contributed by atoms with Gasteiger partial charge < -0.3 is 10.1 Å². The van der Waals surface area contributed by atoms with Crippen molar-refractivity contribution < 1.29 is 4.74 Å². The summed E-state index contributed by atoms with van der Waals surface area (Å²) in [6.07, 6.45) is 1.45. The molecule has 0 bridgehead atoms. The number of piperazine rings is 1. The van der Waals surface area contributed by atoms with Gasteiger partial charge in [0.1, 0.15) is 0 Å². The Morgan fingerprint density at radius 2 is 2.16 bits per heavy atom. The molecule has 1 aliphatic rings. The minimum Gasteiger partial charge on any atom is -0.377 e. The SMILES string of the molecule is CCOC(C)CN1CCNC(Cc2ccccc2)C1. The van der Waals surface area contributed by atoms with Gasteiger partial charge in [0, 0.05) is 38.8 Å². The van der Waals surface area contributed by atoms with Crippen LogP contribution in [0.4, 0.5) is 0 Å². The Morgan fingerprint density at radius 1 is 1.37 bits per heavy atom. The van der Waals surface area contributed by atoms with Gasteiger partial charge in [0.2, 0.25) is 0 Å². The molecule has 3 nitrogen and oxygen atoms in total. The molecule has 3 heteroatoms. The third-order valence-electron chi connectivity index (χ3n) is 3.63. The summed E-state index contributed by atoms with van der Waals surface area (Å²) in [5.74, 6) is 0. The molecule has 0 aromatic heterocycles. The standard InChI is InChI=1S/C16H26N2O/c1-3-19-14(2)12-18-10-9-17-16(13-18)11-15-7-5-4-6-8-15/h4-8,14,16-17H,3,9-13H2,1-2H3. The first-order chi connectivity index (χ1) is 9.28. The highest BCUT2D eigenvalue weighted by Crippen LogP contribution is 2.08. The van der Waals surface area contributed by atoms with Gasteiger partial charge in [-0.1, -0.05) is 30.3 Å². The fraction of sp³-hybridized carbons (Fsp3) is 0.625. The predicted octanol–water partition coefficient (Wildman–Crippen LogP) is 1.93. The average Bonchev–Trinajstić information content (AvgIpc) is 2.40. The lowest BCUT2D eigenvalue weighted by Gasteiger charge is -2.35. The second kappa shape index (κ2) is 7.63. The molecule has 1 saturated heterocycles. The van der Waals surface area contributed by atoms with E-state index in [1.807, 2.05) is 0 Å². The summed E-state index contributed by atoms with van der Waals surface area (Å²) in [4.78, 5) is 2.52. The van der Waals surface area contributed by atoms with Crippen LogP contribution in [-0.4, -0.2) is 49.8 Å². The minimum absolute atomic E-state index is 0.334. The number of hydrogen-bond acceptors (Lipinski definition) is 3. The van der Waals surface area contributed by atoms with E-state index in [-0.39, 0.29) is 0 Å². The lowest BCUT2D eigenvalue weighted by atomic mass is 10.0. The van der Waals surface area contributed by atoms with E-state index < -0.39 is 0 Å². The van der Waals surface area contributed by atoms with Crippen LogP contribution in [0.5, 0.6) is 0 Å². The number of nitrogens with one attached hydrogen (secondary N) is 1. The smallest absolute Gasteiger partial charge is 0.0673 e. The zero-order valence-corrected chi connectivity index (χ0v) is 12.1. The fourth-order valence-electron chi connectivity index (χ4n) is 2.80. The number of hydrogen-bond donors (Lipinski definition) is 1. The van der Waals surface area contributed by atoms with Crippen LogP contribution >= 0.6 is 0 Å². The molecular formula is C16H26N2O. The van der Waals surface area contributed by atoms with Crippen molar-refractivity contribution in [2.45, 2.75) is 32.4 Å². The maximum Gasteiger partial charge on any atom is 0.0673 e. The molecule has 0 spiro atoms. The molecular weight excluding hydrogens is 236 g/mol. The Hall–Kier alpha value is -0.900. The van der Waals surface area contributed by atoms with E-state index in [4.69, 9.17) is 4.74 Å². The van der Waals surface area contributed by atoms with Gasteiger partial charge in [-0.05, 0) is 25.8 Å². The number of benzene rings is 1. The highest BCUT2D eigenvalue weighted by Gasteiger charge is 2.20. The molecule has 2 rings (SSSR count). The average molecular weight is 262 g/mol. The molecule has 1 aromatic rings. The van der Waals surface area contributed by atoms with Gasteiger partial charge in [-0.3, -0.25) is 4.90 Å². The van der Waals surface area contributed by atoms with Gasteiger partial charge in [0.15, 0.2) is 0 Å². The summed E-state index contributed by atoms with van der Waals surface area (Å²) in [6, 6.07) is 11.3. The molecule has 1 aromatic carbocycles. The molecule has 0 aliphatic carbocycles. The van der Waals surface area contributed by atoms with Crippen molar-refractivity contribution in [3.05, 3.63) is 35.9 Å². The van der Waals surface area contributed by atoms with Gasteiger partial charge in [-0.15, -0.1) is 0 Å². The molecule has 106 valence electrons. The molecule has 1 aliphatic heterocycles. The van der Waals surface area contributed by atoms with Gasteiger partial charge >= 0.3 is 0 Å². The maximum absolute atomic E-state index is 5.64. The summed E-state index contributed by atoms with van der Waals surface area (Å²) in [5, 5.41) is 3.62. The largest absolute Gasteiger partial charge is 0.377 e. The molecule has 1 fully saturated rings. The quantitative estimate of drug-likeness (QED) is 0.848. The third kappa shape index (κ3) is 4.94. The van der Waals surface area contributed by atoms with E-state index in [0.717, 1.165) is 39.2 Å². The summed E-state index contributed by atoms with van der Waals surface area (Å²) >= 11 is 0. The van der Waals surface area contributed by atoms with Gasteiger partial charge in [-0.25, -0.2) is 0 Å². The Morgan fingerprint density at radius 3 is 2.89 bits per heavy atom. The first-order valence-electron chi connectivity index (χ1n) is 7.39. The molecule has 2 atom stereocenters. The van der Waals surface area contributed by atoms with E-state index in [1.54, 1.807) is 0 Å². The monoisotopic (exact) mass is 262 g/mol. The van der Waals surface area contributed by atoms with Crippen molar-refractivity contribution in [2.24, 2.45) is 0 Å². The minimum atomic E-state index is 0.334. The van der Waals surface area contributed by atoms with Crippen LogP contribution in [0.3, 0.4) is 0 Å². The third-order valence-corrected chi connectivity index (χ3v) is 3.63. The predicted molar refractivity (Wildman–Crippen MR) is 79.5 cm³/mol. The Kier molecular flexibility index (Phi) is 5.83. The normalized spacial score (nSPS) is 22.3. The topological polar surface area (TPSA) is 24.5 Å². The van der Waals surface area contributed by atoms with Crippen LogP contribution in [0.1, 0.15) is 19.4 Å². The van der Waals surface area contributed by atoms with Crippen molar-refractivity contribution in [3.8, 4) is 0 Å². The summed E-state index contributed by atoms with van der Waals surface area (Å²) in [7, 11) is 0. The van der Waals surface area contributed by atoms with Crippen LogP contribution in [-0.2, 0) is 11.2 Å². The van der Waals surface area contributed by atoms with Crippen LogP contribution in [0.2, 0.25) is 0 Å². The van der Waals surface area contributed by atoms with E-state index in [9.17, 15) is 0 Å². The Labute approximate surface area is 116 Å². The van der Waals surface area contributed by atoms with Crippen molar-refractivity contribution >= 4 is 0 Å². The second-order valence-electron chi connectivity index (χ2n) is 5.37. The van der Waals surface area contributed by atoms with Crippen LogP contribution < -0.4 is 5.32 Å². The lowest BCUT2D eigenvalue weighted by Crippen LogP contribution is -2.53. The Bertz CT molecular complexity index is 355. The highest BCUT2D eigenvalue weighted by molar-refractivity contribution is 5.16. The van der Waals surface area contributed by atoms with Crippen molar-refractivity contribution in [1.82, 2.24) is 10.2 Å². The van der Waals surface area contributed by atoms with Crippen molar-refractivity contribution in [2.75, 3.05) is 32.8 Å². The molecule has 19 heavy (non-hydrogen) atoms. The van der Waals surface area contributed by atoms with Crippen LogP contribution in [0.15, 0.2) is 30.3 Å². The van der Waals surface area contributed by atoms with Crippen LogP contribution in [0.25, 0.3) is 0 Å². The van der Waals surface area contributed by atoms with E-state index >= 15 is 0 Å². The molecule has 2 unspecified atom stereocenters. The van der Waals surface area contributed by atoms with E-state index in [2.05, 4.69) is 54.4 Å². The highest BCUT2D eigenvalue weighted by atomic mass is 16.5. The van der Waals surface area contributed by atoms with E-state index in [0.29, 0.717) is 12.1 Å². The number of ether oxygens (including phenoxy) is 1. The summed E-state index contributed by atoms with van der Waals surface area (Å²) < 4.78 is 5.64. The zero-order chi connectivity index (χ0) is 13.5. The molecule has 1 heterocycles. The summed E-state index contributed by atoms with van der Waals surface area (Å²) in [5.41, 5.74) is 1.42. The molecule has 0 radical (unpaired) electrons. The lowest BCUT2D eigenvalue weighted by molar-refractivity contribution is 0.0379. The molecule has 0 saturated carbocycles.